The fraction of sp³-hybridized carbons (Fsp3) is 0.263. The van der Waals surface area contributed by atoms with Crippen LogP contribution >= 0.6 is 0 Å². The zero-order valence-corrected chi connectivity index (χ0v) is 15.0. The lowest BCUT2D eigenvalue weighted by atomic mass is 10.1. The van der Waals surface area contributed by atoms with E-state index in [1.807, 2.05) is 37.1 Å². The number of nitrogens with zero attached hydrogens (tertiary/aromatic N) is 1. The van der Waals surface area contributed by atoms with E-state index in [2.05, 4.69) is 15.3 Å². The lowest BCUT2D eigenvalue weighted by Crippen LogP contribution is -2.39. The molecule has 3 N–H and O–H groups in total. The Morgan fingerprint density at radius 3 is 2.78 bits per heavy atom. The van der Waals surface area contributed by atoms with Gasteiger partial charge in [-0.1, -0.05) is 6.07 Å². The van der Waals surface area contributed by atoms with Crippen molar-refractivity contribution in [2.24, 2.45) is 0 Å². The van der Waals surface area contributed by atoms with Crippen LogP contribution in [-0.2, 0) is 11.3 Å². The van der Waals surface area contributed by atoms with Gasteiger partial charge in [0.1, 0.15) is 0 Å². The molecule has 0 spiro atoms. The molecule has 1 amide bonds. The fourth-order valence-corrected chi connectivity index (χ4v) is 3.02. The van der Waals surface area contributed by atoms with Gasteiger partial charge in [0.2, 0.25) is 12.7 Å². The van der Waals surface area contributed by atoms with Crippen molar-refractivity contribution in [2.45, 2.75) is 19.5 Å². The number of rotatable bonds is 5. The van der Waals surface area contributed by atoms with Crippen LogP contribution in [0, 0.1) is 0 Å². The van der Waals surface area contributed by atoms with Crippen LogP contribution in [0.1, 0.15) is 12.5 Å². The summed E-state index contributed by atoms with van der Waals surface area (Å²) in [5.74, 6) is 1.34. The maximum atomic E-state index is 12.6. The molecule has 1 unspecified atom stereocenters. The van der Waals surface area contributed by atoms with Gasteiger partial charge in [-0.3, -0.25) is 9.69 Å². The van der Waals surface area contributed by atoms with Crippen molar-refractivity contribution < 1.29 is 14.3 Å². The normalized spacial score (nSPS) is 13.9. The first kappa shape index (κ1) is 17.2. The highest BCUT2D eigenvalue weighted by Gasteiger charge is 2.20. The number of anilines is 1. The minimum atomic E-state index is -0.351. The van der Waals surface area contributed by atoms with Crippen molar-refractivity contribution in [1.29, 1.82) is 0 Å². The Bertz CT molecular complexity index is 1060. The Morgan fingerprint density at radius 1 is 1.15 bits per heavy atom. The van der Waals surface area contributed by atoms with Crippen LogP contribution in [0.3, 0.4) is 0 Å². The van der Waals surface area contributed by atoms with Gasteiger partial charge >= 0.3 is 5.69 Å². The van der Waals surface area contributed by atoms with Gasteiger partial charge in [0.15, 0.2) is 11.5 Å². The lowest BCUT2D eigenvalue weighted by molar-refractivity contribution is -0.120. The average molecular weight is 368 g/mol. The molecule has 27 heavy (non-hydrogen) atoms. The van der Waals surface area contributed by atoms with Gasteiger partial charge in [0, 0.05) is 12.2 Å². The lowest BCUT2D eigenvalue weighted by Gasteiger charge is -2.24. The molecule has 140 valence electrons. The number of amides is 1. The summed E-state index contributed by atoms with van der Waals surface area (Å²) < 4.78 is 10.7. The van der Waals surface area contributed by atoms with Crippen LogP contribution in [0.15, 0.2) is 41.2 Å². The van der Waals surface area contributed by atoms with E-state index in [-0.39, 0.29) is 24.4 Å². The number of benzene rings is 2. The van der Waals surface area contributed by atoms with Gasteiger partial charge in [-0.05, 0) is 49.9 Å². The molecule has 0 saturated heterocycles. The molecule has 2 heterocycles. The summed E-state index contributed by atoms with van der Waals surface area (Å²) in [6.07, 6.45) is 0. The largest absolute Gasteiger partial charge is 0.454 e. The molecule has 0 saturated carbocycles. The molecule has 3 aromatic rings. The first-order valence-corrected chi connectivity index (χ1v) is 8.61. The molecule has 2 aromatic carbocycles. The van der Waals surface area contributed by atoms with Gasteiger partial charge in [0.05, 0.1) is 17.1 Å². The van der Waals surface area contributed by atoms with E-state index in [1.54, 1.807) is 18.2 Å². The number of H-pyrrole nitrogens is 2. The molecule has 0 fully saturated rings. The van der Waals surface area contributed by atoms with Crippen LogP contribution in [0.5, 0.6) is 11.5 Å². The van der Waals surface area contributed by atoms with E-state index in [0.717, 1.165) is 17.1 Å². The van der Waals surface area contributed by atoms with Crippen molar-refractivity contribution >= 4 is 22.6 Å². The number of imidazole rings is 1. The van der Waals surface area contributed by atoms with Crippen LogP contribution in [0.25, 0.3) is 11.0 Å². The van der Waals surface area contributed by atoms with E-state index in [0.29, 0.717) is 23.3 Å². The van der Waals surface area contributed by atoms with E-state index >= 15 is 0 Å². The number of aromatic amines is 2. The number of carbonyl (C=O) groups is 1. The summed E-state index contributed by atoms with van der Waals surface area (Å²) >= 11 is 0. The monoisotopic (exact) mass is 368 g/mol. The SMILES string of the molecule is CC(C(=O)Nc1ccc2[nH]c(=O)[nH]c2c1)N(C)Cc1ccc2c(c1)OCO2. The predicted octanol–water partition coefficient (Wildman–Crippen LogP) is 2.04. The quantitative estimate of drug-likeness (QED) is 0.640. The van der Waals surface area contributed by atoms with Crippen LogP contribution in [0.2, 0.25) is 0 Å². The number of carbonyl (C=O) groups excluding carboxylic acids is 1. The van der Waals surface area contributed by atoms with Gasteiger partial charge < -0.3 is 24.8 Å². The predicted molar refractivity (Wildman–Crippen MR) is 101 cm³/mol. The Morgan fingerprint density at radius 2 is 1.93 bits per heavy atom. The minimum Gasteiger partial charge on any atom is -0.454 e. The van der Waals surface area contributed by atoms with Gasteiger partial charge in [-0.25, -0.2) is 4.79 Å². The minimum absolute atomic E-state index is 0.129. The summed E-state index contributed by atoms with van der Waals surface area (Å²) in [7, 11) is 1.89. The third kappa shape index (κ3) is 3.52. The number of nitrogens with one attached hydrogen (secondary N) is 3. The fourth-order valence-electron chi connectivity index (χ4n) is 3.02. The summed E-state index contributed by atoms with van der Waals surface area (Å²) in [6, 6.07) is 10.7. The maximum Gasteiger partial charge on any atom is 0.323 e. The van der Waals surface area contributed by atoms with Crippen molar-refractivity contribution in [2.75, 3.05) is 19.2 Å². The van der Waals surface area contributed by atoms with Crippen LogP contribution in [-0.4, -0.2) is 40.7 Å². The second-order valence-electron chi connectivity index (χ2n) is 6.61. The third-order valence-electron chi connectivity index (χ3n) is 4.69. The molecular formula is C19H20N4O4. The molecule has 8 heteroatoms. The van der Waals surface area contributed by atoms with Crippen LogP contribution in [0.4, 0.5) is 5.69 Å². The van der Waals surface area contributed by atoms with E-state index in [1.165, 1.54) is 0 Å². The smallest absolute Gasteiger partial charge is 0.323 e. The summed E-state index contributed by atoms with van der Waals surface area (Å²) in [4.78, 5) is 31.2. The van der Waals surface area contributed by atoms with Gasteiger partial charge in [-0.2, -0.15) is 0 Å². The summed E-state index contributed by atoms with van der Waals surface area (Å²) in [6.45, 7) is 2.68. The second-order valence-corrected chi connectivity index (χ2v) is 6.61. The Labute approximate surface area is 155 Å². The molecule has 4 rings (SSSR count). The summed E-state index contributed by atoms with van der Waals surface area (Å²) in [5.41, 5.74) is 2.74. The molecule has 1 aliphatic heterocycles. The van der Waals surface area contributed by atoms with Gasteiger partial charge in [-0.15, -0.1) is 0 Å². The first-order chi connectivity index (χ1) is 13.0. The number of aromatic nitrogens is 2. The number of hydrogen-bond acceptors (Lipinski definition) is 5. The molecule has 8 nitrogen and oxygen atoms in total. The topological polar surface area (TPSA) is 99.5 Å². The molecular weight excluding hydrogens is 348 g/mol. The average Bonchev–Trinajstić information content (AvgIpc) is 3.25. The Balaban J connectivity index is 1.42. The van der Waals surface area contributed by atoms with Crippen molar-refractivity contribution in [3.8, 4) is 11.5 Å². The zero-order valence-electron chi connectivity index (χ0n) is 15.0. The molecule has 0 radical (unpaired) electrons. The summed E-state index contributed by atoms with van der Waals surface area (Å²) in [5, 5.41) is 2.89. The highest BCUT2D eigenvalue weighted by molar-refractivity contribution is 5.96. The van der Waals surface area contributed by atoms with Gasteiger partial charge in [0.25, 0.3) is 0 Å². The number of hydrogen-bond donors (Lipinski definition) is 3. The highest BCUT2D eigenvalue weighted by atomic mass is 16.7. The van der Waals surface area contributed by atoms with Crippen molar-refractivity contribution in [1.82, 2.24) is 14.9 Å². The van der Waals surface area contributed by atoms with E-state index < -0.39 is 0 Å². The number of likely N-dealkylation sites (N-methyl/N-ethyl adjacent to an activating group) is 1. The first-order valence-electron chi connectivity index (χ1n) is 8.61. The van der Waals surface area contributed by atoms with E-state index in [9.17, 15) is 9.59 Å². The van der Waals surface area contributed by atoms with E-state index in [4.69, 9.17) is 9.47 Å². The second kappa shape index (κ2) is 6.81. The molecule has 1 aromatic heterocycles. The third-order valence-corrected chi connectivity index (χ3v) is 4.69. The maximum absolute atomic E-state index is 12.6. The standard InChI is InChI=1S/C19H20N4O4/c1-11(23(2)9-12-3-6-16-17(7-12)27-10-26-16)18(24)20-13-4-5-14-15(8-13)22-19(25)21-14/h3-8,11H,9-10H2,1-2H3,(H,20,24)(H2,21,22,25). The zero-order chi connectivity index (χ0) is 19.0. The number of fused-ring (bicyclic) bond motifs is 2. The molecule has 0 aliphatic carbocycles. The van der Waals surface area contributed by atoms with Crippen LogP contribution < -0.4 is 20.5 Å². The van der Waals surface area contributed by atoms with Crippen molar-refractivity contribution in [3.63, 3.8) is 0 Å². The number of ether oxygens (including phenoxy) is 2. The highest BCUT2D eigenvalue weighted by Crippen LogP contribution is 2.32. The van der Waals surface area contributed by atoms with Crippen molar-refractivity contribution in [3.05, 3.63) is 52.4 Å². The molecule has 1 aliphatic rings. The Hall–Kier alpha value is -3.26. The molecule has 1 atom stereocenters. The molecule has 0 bridgehead atoms. The Kier molecular flexibility index (Phi) is 4.33.